The Bertz CT molecular complexity index is 892. The molecule has 0 spiro atoms. The minimum Gasteiger partial charge on any atom is -0.452 e. The second-order valence-electron chi connectivity index (χ2n) is 5.68. The van der Waals surface area contributed by atoms with Gasteiger partial charge in [-0.05, 0) is 49.2 Å². The van der Waals surface area contributed by atoms with Crippen LogP contribution in [0.2, 0.25) is 0 Å². The highest BCUT2D eigenvalue weighted by atomic mass is 16.6. The molecule has 0 saturated carbocycles. The fraction of sp³-hybridized carbons (Fsp3) is 0.167. The summed E-state index contributed by atoms with van der Waals surface area (Å²) in [7, 11) is 0. The minimum absolute atomic E-state index is 0.119. The zero-order chi connectivity index (χ0) is 20.0. The molecule has 0 fully saturated rings. The molecule has 2 aromatic carbocycles. The van der Waals surface area contributed by atoms with Crippen molar-refractivity contribution in [2.75, 3.05) is 6.61 Å². The summed E-state index contributed by atoms with van der Waals surface area (Å²) in [6.45, 7) is 3.18. The van der Waals surface area contributed by atoms with Gasteiger partial charge in [-0.3, -0.25) is 30.6 Å². The number of nitro benzene ring substituents is 1. The first kappa shape index (κ1) is 19.6. The number of esters is 1. The fourth-order valence-electron chi connectivity index (χ4n) is 2.05. The number of aryl methyl sites for hydroxylation is 2. The van der Waals surface area contributed by atoms with Crippen molar-refractivity contribution in [3.8, 4) is 0 Å². The Labute approximate surface area is 154 Å². The summed E-state index contributed by atoms with van der Waals surface area (Å²) >= 11 is 0. The van der Waals surface area contributed by atoms with E-state index in [1.807, 2.05) is 13.8 Å². The summed E-state index contributed by atoms with van der Waals surface area (Å²) in [4.78, 5) is 45.4. The molecule has 0 atom stereocenters. The Kier molecular flexibility index (Phi) is 6.21. The van der Waals surface area contributed by atoms with Crippen LogP contribution in [-0.2, 0) is 9.53 Å². The number of benzene rings is 2. The highest BCUT2D eigenvalue weighted by Gasteiger charge is 2.13. The molecule has 0 aliphatic heterocycles. The summed E-state index contributed by atoms with van der Waals surface area (Å²) in [5.74, 6) is -2.06. The molecular formula is C18H17N3O6. The number of amides is 2. The lowest BCUT2D eigenvalue weighted by Crippen LogP contribution is -2.43. The molecule has 0 aromatic heterocycles. The molecule has 2 aromatic rings. The molecular weight excluding hydrogens is 354 g/mol. The lowest BCUT2D eigenvalue weighted by Gasteiger charge is -2.09. The molecule has 140 valence electrons. The number of nitrogens with zero attached hydrogens (tertiary/aromatic N) is 1. The highest BCUT2D eigenvalue weighted by molar-refractivity contribution is 5.96. The zero-order valence-electron chi connectivity index (χ0n) is 14.6. The van der Waals surface area contributed by atoms with Crippen LogP contribution in [-0.4, -0.2) is 29.3 Å². The van der Waals surface area contributed by atoms with Gasteiger partial charge in [-0.25, -0.2) is 4.79 Å². The second-order valence-corrected chi connectivity index (χ2v) is 5.68. The quantitative estimate of drug-likeness (QED) is 0.469. The first-order chi connectivity index (χ1) is 12.8. The Morgan fingerprint density at radius 2 is 1.59 bits per heavy atom. The van der Waals surface area contributed by atoms with E-state index in [-0.39, 0.29) is 11.3 Å². The van der Waals surface area contributed by atoms with Crippen LogP contribution in [0.1, 0.15) is 31.8 Å². The van der Waals surface area contributed by atoms with Gasteiger partial charge in [0.25, 0.3) is 17.5 Å². The monoisotopic (exact) mass is 371 g/mol. The van der Waals surface area contributed by atoms with Crippen LogP contribution in [0.5, 0.6) is 0 Å². The minimum atomic E-state index is -0.734. The number of ether oxygens (including phenoxy) is 1. The van der Waals surface area contributed by atoms with Gasteiger partial charge in [0.05, 0.1) is 10.5 Å². The molecule has 0 unspecified atom stereocenters. The number of non-ortho nitro benzene ring substituents is 1. The zero-order valence-corrected chi connectivity index (χ0v) is 14.6. The molecule has 0 heterocycles. The average Bonchev–Trinajstić information content (AvgIpc) is 2.66. The van der Waals surface area contributed by atoms with Crippen molar-refractivity contribution in [2.45, 2.75) is 13.8 Å². The smallest absolute Gasteiger partial charge is 0.338 e. The van der Waals surface area contributed by atoms with Gasteiger partial charge in [0.1, 0.15) is 0 Å². The molecule has 2 N–H and O–H groups in total. The van der Waals surface area contributed by atoms with Gasteiger partial charge in [-0.2, -0.15) is 0 Å². The standard InChI is InChI=1S/C18H17N3O6/c1-11-3-4-14(9-12(11)2)18(24)27-10-16(22)19-20-17(23)13-5-7-15(8-6-13)21(25)26/h3-9H,10H2,1-2H3,(H,19,22)(H,20,23). The molecule has 9 heteroatoms. The van der Waals surface area contributed by atoms with Gasteiger partial charge in [0, 0.05) is 17.7 Å². The number of carbonyl (C=O) groups is 3. The van der Waals surface area contributed by atoms with Crippen molar-refractivity contribution >= 4 is 23.5 Å². The number of rotatable bonds is 5. The van der Waals surface area contributed by atoms with Crippen LogP contribution in [0.15, 0.2) is 42.5 Å². The van der Waals surface area contributed by atoms with Gasteiger partial charge in [0.2, 0.25) is 0 Å². The van der Waals surface area contributed by atoms with Gasteiger partial charge >= 0.3 is 5.97 Å². The molecule has 0 aliphatic carbocycles. The van der Waals surface area contributed by atoms with Gasteiger partial charge in [-0.15, -0.1) is 0 Å². The van der Waals surface area contributed by atoms with Crippen molar-refractivity contribution in [3.63, 3.8) is 0 Å². The van der Waals surface area contributed by atoms with Crippen LogP contribution in [0.3, 0.4) is 0 Å². The van der Waals surface area contributed by atoms with E-state index in [4.69, 9.17) is 4.74 Å². The average molecular weight is 371 g/mol. The first-order valence-electron chi connectivity index (χ1n) is 7.86. The van der Waals surface area contributed by atoms with Gasteiger partial charge < -0.3 is 4.74 Å². The largest absolute Gasteiger partial charge is 0.452 e. The van der Waals surface area contributed by atoms with E-state index >= 15 is 0 Å². The van der Waals surface area contributed by atoms with E-state index in [1.54, 1.807) is 18.2 Å². The van der Waals surface area contributed by atoms with E-state index in [1.165, 1.54) is 24.3 Å². The van der Waals surface area contributed by atoms with Gasteiger partial charge in [-0.1, -0.05) is 6.07 Å². The Morgan fingerprint density at radius 3 is 2.19 bits per heavy atom. The number of carbonyl (C=O) groups excluding carboxylic acids is 3. The van der Waals surface area contributed by atoms with Crippen molar-refractivity contribution < 1.29 is 24.0 Å². The lowest BCUT2D eigenvalue weighted by molar-refractivity contribution is -0.384. The third kappa shape index (κ3) is 5.36. The molecule has 0 saturated heterocycles. The van der Waals surface area contributed by atoms with E-state index in [2.05, 4.69) is 10.9 Å². The molecule has 0 radical (unpaired) electrons. The van der Waals surface area contributed by atoms with E-state index in [9.17, 15) is 24.5 Å². The summed E-state index contributed by atoms with van der Waals surface area (Å²) in [6.07, 6.45) is 0. The predicted octanol–water partition coefficient (Wildman–Crippen LogP) is 1.83. The first-order valence-corrected chi connectivity index (χ1v) is 7.86. The molecule has 2 amide bonds. The van der Waals surface area contributed by atoms with Crippen LogP contribution in [0.25, 0.3) is 0 Å². The maximum atomic E-state index is 11.9. The maximum Gasteiger partial charge on any atom is 0.338 e. The molecule has 2 rings (SSSR count). The highest BCUT2D eigenvalue weighted by Crippen LogP contribution is 2.12. The summed E-state index contributed by atoms with van der Waals surface area (Å²) in [6, 6.07) is 9.87. The lowest BCUT2D eigenvalue weighted by atomic mass is 10.1. The Hall–Kier alpha value is -3.75. The van der Waals surface area contributed by atoms with Crippen molar-refractivity contribution in [1.82, 2.24) is 10.9 Å². The Balaban J connectivity index is 1.81. The van der Waals surface area contributed by atoms with E-state index < -0.39 is 29.3 Å². The van der Waals surface area contributed by atoms with Crippen LogP contribution in [0.4, 0.5) is 5.69 Å². The maximum absolute atomic E-state index is 11.9. The van der Waals surface area contributed by atoms with Crippen molar-refractivity contribution in [2.24, 2.45) is 0 Å². The summed E-state index contributed by atoms with van der Waals surface area (Å²) < 4.78 is 4.89. The van der Waals surface area contributed by atoms with Crippen LogP contribution in [0, 0.1) is 24.0 Å². The molecule has 0 aliphatic rings. The topological polar surface area (TPSA) is 128 Å². The van der Waals surface area contributed by atoms with Crippen molar-refractivity contribution in [1.29, 1.82) is 0 Å². The predicted molar refractivity (Wildman–Crippen MR) is 94.9 cm³/mol. The fourth-order valence-corrected chi connectivity index (χ4v) is 2.05. The third-order valence-electron chi connectivity index (χ3n) is 3.73. The number of hydrogen-bond donors (Lipinski definition) is 2. The van der Waals surface area contributed by atoms with E-state index in [0.717, 1.165) is 11.1 Å². The normalized spacial score (nSPS) is 10.0. The van der Waals surface area contributed by atoms with Gasteiger partial charge in [0.15, 0.2) is 6.61 Å². The number of nitrogens with one attached hydrogen (secondary N) is 2. The van der Waals surface area contributed by atoms with Crippen LogP contribution >= 0.6 is 0 Å². The van der Waals surface area contributed by atoms with E-state index in [0.29, 0.717) is 5.56 Å². The summed E-state index contributed by atoms with van der Waals surface area (Å²) in [5.41, 5.74) is 6.45. The number of hydrazine groups is 1. The molecule has 27 heavy (non-hydrogen) atoms. The molecule has 9 nitrogen and oxygen atoms in total. The number of hydrogen-bond acceptors (Lipinski definition) is 6. The molecule has 0 bridgehead atoms. The van der Waals surface area contributed by atoms with Crippen LogP contribution < -0.4 is 10.9 Å². The third-order valence-corrected chi connectivity index (χ3v) is 3.73. The number of nitro groups is 1. The summed E-state index contributed by atoms with van der Waals surface area (Å²) in [5, 5.41) is 10.6. The second kappa shape index (κ2) is 8.56. The van der Waals surface area contributed by atoms with Crippen molar-refractivity contribution in [3.05, 3.63) is 74.8 Å². The SMILES string of the molecule is Cc1ccc(C(=O)OCC(=O)NNC(=O)c2ccc([N+](=O)[O-])cc2)cc1C. The Morgan fingerprint density at radius 1 is 0.963 bits per heavy atom.